The maximum Gasteiger partial charge on any atom is 0.222 e. The van der Waals surface area contributed by atoms with Gasteiger partial charge in [-0.3, -0.25) is 14.5 Å². The maximum atomic E-state index is 12.3. The summed E-state index contributed by atoms with van der Waals surface area (Å²) in [5.41, 5.74) is 3.05. The summed E-state index contributed by atoms with van der Waals surface area (Å²) >= 11 is 5.33. The number of amides is 1. The molecular weight excluding hydrogens is 388 g/mol. The Balaban J connectivity index is 1.61. The molecule has 0 aliphatic carbocycles. The number of aromatic amines is 1. The molecule has 2 aromatic carbocycles. The summed E-state index contributed by atoms with van der Waals surface area (Å²) in [5.74, 6) is 1.94. The van der Waals surface area contributed by atoms with Crippen LogP contribution < -0.4 is 14.8 Å². The van der Waals surface area contributed by atoms with Crippen LogP contribution in [-0.2, 0) is 17.9 Å². The topological polar surface area (TPSA) is 81.2 Å². The molecular formula is C21H24N4O3S. The number of ether oxygens (including phenoxy) is 2. The summed E-state index contributed by atoms with van der Waals surface area (Å²) in [6, 6.07) is 13.6. The average Bonchev–Trinajstić information content (AvgIpc) is 3.11. The van der Waals surface area contributed by atoms with Crippen LogP contribution in [0, 0.1) is 11.7 Å². The van der Waals surface area contributed by atoms with Crippen LogP contribution >= 0.6 is 12.2 Å². The molecule has 0 radical (unpaired) electrons. The molecule has 1 amide bonds. The molecule has 0 saturated heterocycles. The molecule has 2 N–H and O–H groups in total. The molecule has 0 bridgehead atoms. The number of H-pyrrole nitrogens is 1. The van der Waals surface area contributed by atoms with Crippen LogP contribution in [0.15, 0.2) is 42.5 Å². The van der Waals surface area contributed by atoms with E-state index in [2.05, 4.69) is 15.5 Å². The Morgan fingerprint density at radius 2 is 1.86 bits per heavy atom. The largest absolute Gasteiger partial charge is 0.493 e. The van der Waals surface area contributed by atoms with Crippen molar-refractivity contribution in [1.29, 1.82) is 0 Å². The van der Waals surface area contributed by atoms with E-state index >= 15 is 0 Å². The summed E-state index contributed by atoms with van der Waals surface area (Å²) in [4.78, 5) is 12.3. The SMILES string of the molecule is COc1ccc(CNC(=O)CCn2c(-c3ccc(C)cc3)n[nH]c2=S)cc1OC. The molecule has 0 aliphatic rings. The van der Waals surface area contributed by atoms with E-state index in [0.717, 1.165) is 17.0 Å². The molecule has 0 aliphatic heterocycles. The van der Waals surface area contributed by atoms with Gasteiger partial charge in [0, 0.05) is 25.1 Å². The van der Waals surface area contributed by atoms with Crippen LogP contribution in [0.3, 0.4) is 0 Å². The number of carbonyl (C=O) groups excluding carboxylic acids is 1. The molecule has 0 fully saturated rings. The lowest BCUT2D eigenvalue weighted by Gasteiger charge is -2.11. The number of rotatable bonds is 8. The number of hydrogen-bond donors (Lipinski definition) is 2. The van der Waals surface area contributed by atoms with Crippen LogP contribution in [-0.4, -0.2) is 34.9 Å². The highest BCUT2D eigenvalue weighted by Crippen LogP contribution is 2.27. The van der Waals surface area contributed by atoms with Gasteiger partial charge in [0.15, 0.2) is 22.1 Å². The first-order valence-electron chi connectivity index (χ1n) is 9.21. The fraction of sp³-hybridized carbons (Fsp3) is 0.286. The smallest absolute Gasteiger partial charge is 0.222 e. The van der Waals surface area contributed by atoms with Crippen molar-refractivity contribution in [2.24, 2.45) is 0 Å². The zero-order chi connectivity index (χ0) is 20.8. The van der Waals surface area contributed by atoms with E-state index in [1.165, 1.54) is 5.56 Å². The molecule has 152 valence electrons. The van der Waals surface area contributed by atoms with E-state index in [9.17, 15) is 4.79 Å². The molecule has 3 rings (SSSR count). The van der Waals surface area contributed by atoms with Crippen LogP contribution in [0.2, 0.25) is 0 Å². The van der Waals surface area contributed by atoms with Crippen molar-refractivity contribution in [3.63, 3.8) is 0 Å². The number of hydrogen-bond acceptors (Lipinski definition) is 5. The number of aryl methyl sites for hydroxylation is 1. The minimum Gasteiger partial charge on any atom is -0.493 e. The molecule has 3 aromatic rings. The molecule has 1 heterocycles. The maximum absolute atomic E-state index is 12.3. The van der Waals surface area contributed by atoms with Gasteiger partial charge in [0.05, 0.1) is 14.2 Å². The van der Waals surface area contributed by atoms with Gasteiger partial charge in [0.2, 0.25) is 5.91 Å². The number of nitrogens with one attached hydrogen (secondary N) is 2. The zero-order valence-corrected chi connectivity index (χ0v) is 17.5. The molecule has 0 saturated carbocycles. The van der Waals surface area contributed by atoms with Crippen LogP contribution in [0.4, 0.5) is 0 Å². The van der Waals surface area contributed by atoms with Crippen molar-refractivity contribution in [2.75, 3.05) is 14.2 Å². The van der Waals surface area contributed by atoms with Crippen LogP contribution in [0.1, 0.15) is 17.5 Å². The van der Waals surface area contributed by atoms with Crippen LogP contribution in [0.25, 0.3) is 11.4 Å². The lowest BCUT2D eigenvalue weighted by molar-refractivity contribution is -0.121. The molecule has 0 spiro atoms. The lowest BCUT2D eigenvalue weighted by atomic mass is 10.1. The van der Waals surface area contributed by atoms with E-state index in [1.54, 1.807) is 14.2 Å². The summed E-state index contributed by atoms with van der Waals surface area (Å²) in [6.45, 7) is 2.88. The van der Waals surface area contributed by atoms with Gasteiger partial charge in [0.1, 0.15) is 0 Å². The first kappa shape index (κ1) is 20.6. The number of carbonyl (C=O) groups is 1. The highest BCUT2D eigenvalue weighted by molar-refractivity contribution is 7.71. The number of benzene rings is 2. The fourth-order valence-corrected chi connectivity index (χ4v) is 3.16. The van der Waals surface area contributed by atoms with Gasteiger partial charge in [-0.1, -0.05) is 35.9 Å². The standard InChI is InChI=1S/C21H24N4O3S/c1-14-4-7-16(8-5-14)20-23-24-21(29)25(20)11-10-19(26)22-13-15-6-9-17(27-2)18(12-15)28-3/h4-9,12H,10-11,13H2,1-3H3,(H,22,26)(H,24,29). The summed E-state index contributed by atoms with van der Waals surface area (Å²) in [7, 11) is 3.17. The Bertz CT molecular complexity index is 1040. The van der Waals surface area contributed by atoms with E-state index in [1.807, 2.05) is 54.0 Å². The molecule has 1 aromatic heterocycles. The van der Waals surface area contributed by atoms with Crippen molar-refractivity contribution in [3.05, 3.63) is 58.4 Å². The minimum atomic E-state index is -0.0715. The van der Waals surface area contributed by atoms with E-state index in [4.69, 9.17) is 21.7 Å². The van der Waals surface area contributed by atoms with Gasteiger partial charge in [-0.15, -0.1) is 0 Å². The Kier molecular flexibility index (Phi) is 6.66. The van der Waals surface area contributed by atoms with E-state index in [-0.39, 0.29) is 5.91 Å². The normalized spacial score (nSPS) is 10.6. The second kappa shape index (κ2) is 9.38. The molecule has 7 nitrogen and oxygen atoms in total. The summed E-state index contributed by atoms with van der Waals surface area (Å²) in [5, 5.41) is 10.0. The van der Waals surface area contributed by atoms with E-state index in [0.29, 0.717) is 35.8 Å². The lowest BCUT2D eigenvalue weighted by Crippen LogP contribution is -2.24. The predicted molar refractivity (Wildman–Crippen MR) is 114 cm³/mol. The van der Waals surface area contributed by atoms with Crippen LogP contribution in [0.5, 0.6) is 11.5 Å². The summed E-state index contributed by atoms with van der Waals surface area (Å²) in [6.07, 6.45) is 0.292. The number of methoxy groups -OCH3 is 2. The molecule has 8 heteroatoms. The average molecular weight is 413 g/mol. The molecule has 0 unspecified atom stereocenters. The summed E-state index contributed by atoms with van der Waals surface area (Å²) < 4.78 is 12.9. The van der Waals surface area contributed by atoms with Crippen molar-refractivity contribution in [3.8, 4) is 22.9 Å². The quantitative estimate of drug-likeness (QED) is 0.552. The monoisotopic (exact) mass is 412 g/mol. The van der Waals surface area contributed by atoms with Crippen molar-refractivity contribution < 1.29 is 14.3 Å². The Morgan fingerprint density at radius 3 is 2.55 bits per heavy atom. The fourth-order valence-electron chi connectivity index (χ4n) is 2.94. The third-order valence-corrected chi connectivity index (χ3v) is 4.88. The number of nitrogens with zero attached hydrogens (tertiary/aromatic N) is 2. The highest BCUT2D eigenvalue weighted by atomic mass is 32.1. The minimum absolute atomic E-state index is 0.0715. The second-order valence-electron chi connectivity index (χ2n) is 6.59. The van der Waals surface area contributed by atoms with Gasteiger partial charge < -0.3 is 14.8 Å². The van der Waals surface area contributed by atoms with E-state index < -0.39 is 0 Å². The van der Waals surface area contributed by atoms with Crippen molar-refractivity contribution >= 4 is 18.1 Å². The number of aromatic nitrogens is 3. The second-order valence-corrected chi connectivity index (χ2v) is 6.97. The molecule has 29 heavy (non-hydrogen) atoms. The Hall–Kier alpha value is -3.13. The van der Waals surface area contributed by atoms with Gasteiger partial charge in [-0.05, 0) is 36.8 Å². The Morgan fingerprint density at radius 1 is 1.14 bits per heavy atom. The van der Waals surface area contributed by atoms with Gasteiger partial charge in [0.25, 0.3) is 0 Å². The first-order chi connectivity index (χ1) is 14.0. The molecule has 0 atom stereocenters. The van der Waals surface area contributed by atoms with Gasteiger partial charge in [-0.25, -0.2) is 0 Å². The predicted octanol–water partition coefficient (Wildman–Crippen LogP) is 3.64. The van der Waals surface area contributed by atoms with Gasteiger partial charge in [-0.2, -0.15) is 5.10 Å². The van der Waals surface area contributed by atoms with Crippen molar-refractivity contribution in [2.45, 2.75) is 26.4 Å². The van der Waals surface area contributed by atoms with Crippen molar-refractivity contribution in [1.82, 2.24) is 20.1 Å². The third kappa shape index (κ3) is 5.03. The zero-order valence-electron chi connectivity index (χ0n) is 16.7. The van der Waals surface area contributed by atoms with Gasteiger partial charge >= 0.3 is 0 Å². The first-order valence-corrected chi connectivity index (χ1v) is 9.62. The Labute approximate surface area is 174 Å². The highest BCUT2D eigenvalue weighted by Gasteiger charge is 2.11. The third-order valence-electron chi connectivity index (χ3n) is 4.57.